The van der Waals surface area contributed by atoms with Gasteiger partial charge in [-0.2, -0.15) is 11.3 Å². The van der Waals surface area contributed by atoms with Crippen molar-refractivity contribution in [1.82, 2.24) is 9.88 Å². The monoisotopic (exact) mass is 440 g/mol. The maximum Gasteiger partial charge on any atom is 0.263 e. The fraction of sp³-hybridized carbons (Fsp3) is 0.417. The Morgan fingerprint density at radius 3 is 2.87 bits per heavy atom. The Morgan fingerprint density at radius 1 is 1.29 bits per heavy atom. The molecular formula is C24H28N2O4S. The maximum atomic E-state index is 12.9. The van der Waals surface area contributed by atoms with Gasteiger partial charge in [-0.05, 0) is 78.3 Å². The van der Waals surface area contributed by atoms with E-state index in [0.29, 0.717) is 25.3 Å². The molecule has 3 heterocycles. The number of rotatable bonds is 6. The average Bonchev–Trinajstić information content (AvgIpc) is 3.18. The van der Waals surface area contributed by atoms with E-state index < -0.39 is 12.4 Å². The van der Waals surface area contributed by atoms with Gasteiger partial charge in [0.05, 0.1) is 5.52 Å². The van der Waals surface area contributed by atoms with Crippen molar-refractivity contribution in [3.63, 3.8) is 0 Å². The number of thiophene rings is 1. The number of benzene rings is 1. The van der Waals surface area contributed by atoms with Crippen LogP contribution in [0.4, 0.5) is 0 Å². The second-order valence-corrected chi connectivity index (χ2v) is 9.02. The Bertz CT molecular complexity index is 1060. The van der Waals surface area contributed by atoms with Crippen LogP contribution >= 0.6 is 11.3 Å². The van der Waals surface area contributed by atoms with E-state index in [9.17, 15) is 15.0 Å². The Balaban J connectivity index is 1.48. The molecule has 0 bridgehead atoms. The largest absolute Gasteiger partial charge is 0.481 e. The van der Waals surface area contributed by atoms with Crippen molar-refractivity contribution in [3.8, 4) is 16.9 Å². The molecule has 31 heavy (non-hydrogen) atoms. The lowest BCUT2D eigenvalue weighted by molar-refractivity contribution is -0.140. The third kappa shape index (κ3) is 4.89. The van der Waals surface area contributed by atoms with E-state index in [4.69, 9.17) is 4.74 Å². The summed E-state index contributed by atoms with van der Waals surface area (Å²) in [6.07, 6.45) is 1.90. The Kier molecular flexibility index (Phi) is 6.55. The highest BCUT2D eigenvalue weighted by Crippen LogP contribution is 2.33. The molecule has 7 heteroatoms. The predicted octanol–water partition coefficient (Wildman–Crippen LogP) is 3.98. The van der Waals surface area contributed by atoms with E-state index in [2.05, 4.69) is 22.7 Å². The van der Waals surface area contributed by atoms with Gasteiger partial charge in [-0.15, -0.1) is 0 Å². The number of nitrogens with zero attached hydrogens (tertiary/aromatic N) is 2. The number of hydrogen-bond acceptors (Lipinski definition) is 6. The Labute approximate surface area is 186 Å². The Morgan fingerprint density at radius 2 is 2.13 bits per heavy atom. The zero-order valence-electron chi connectivity index (χ0n) is 17.8. The van der Waals surface area contributed by atoms with Crippen LogP contribution in [0.5, 0.6) is 5.75 Å². The minimum absolute atomic E-state index is 0.0761. The van der Waals surface area contributed by atoms with Crippen LogP contribution < -0.4 is 4.74 Å². The van der Waals surface area contributed by atoms with Crippen LogP contribution in [0.2, 0.25) is 0 Å². The number of carbonyl (C=O) groups is 1. The average molecular weight is 441 g/mol. The highest BCUT2D eigenvalue weighted by molar-refractivity contribution is 7.08. The quantitative estimate of drug-likeness (QED) is 0.567. The number of amides is 1. The van der Waals surface area contributed by atoms with E-state index in [1.807, 2.05) is 24.3 Å². The first-order valence-corrected chi connectivity index (χ1v) is 11.6. The van der Waals surface area contributed by atoms with Crippen molar-refractivity contribution < 1.29 is 19.7 Å². The number of carbonyl (C=O) groups excluding carboxylic acids is 1. The zero-order valence-corrected chi connectivity index (χ0v) is 18.6. The number of pyridine rings is 1. The van der Waals surface area contributed by atoms with E-state index in [0.717, 1.165) is 29.3 Å². The molecule has 6 nitrogen and oxygen atoms in total. The minimum Gasteiger partial charge on any atom is -0.481 e. The molecule has 2 N–H and O–H groups in total. The van der Waals surface area contributed by atoms with Gasteiger partial charge in [-0.1, -0.05) is 0 Å². The summed E-state index contributed by atoms with van der Waals surface area (Å²) in [5.74, 6) is 0.640. The number of likely N-dealkylation sites (tertiary alicyclic amines) is 1. The summed E-state index contributed by atoms with van der Waals surface area (Å²) in [6, 6.07) is 7.80. The summed E-state index contributed by atoms with van der Waals surface area (Å²) in [6.45, 7) is 5.07. The lowest BCUT2D eigenvalue weighted by Crippen LogP contribution is -2.46. The van der Waals surface area contributed by atoms with E-state index in [-0.39, 0.29) is 11.8 Å². The topological polar surface area (TPSA) is 82.9 Å². The van der Waals surface area contributed by atoms with Gasteiger partial charge in [0.1, 0.15) is 5.75 Å². The summed E-state index contributed by atoms with van der Waals surface area (Å²) < 4.78 is 5.98. The van der Waals surface area contributed by atoms with Gasteiger partial charge in [0.15, 0.2) is 12.4 Å². The van der Waals surface area contributed by atoms with Crippen molar-refractivity contribution in [2.24, 2.45) is 5.92 Å². The van der Waals surface area contributed by atoms with Crippen LogP contribution in [0, 0.1) is 12.8 Å². The van der Waals surface area contributed by atoms with E-state index >= 15 is 0 Å². The number of ether oxygens (including phenoxy) is 1. The molecule has 1 aliphatic heterocycles. The first-order valence-electron chi connectivity index (χ1n) is 10.7. The number of aromatic nitrogens is 1. The first kappa shape index (κ1) is 21.7. The van der Waals surface area contributed by atoms with Crippen LogP contribution in [0.25, 0.3) is 22.0 Å². The fourth-order valence-electron chi connectivity index (χ4n) is 4.34. The van der Waals surface area contributed by atoms with Crippen LogP contribution in [-0.2, 0) is 4.79 Å². The molecule has 4 rings (SSSR count). The smallest absolute Gasteiger partial charge is 0.263 e. The molecule has 0 aliphatic carbocycles. The Hall–Kier alpha value is -2.48. The van der Waals surface area contributed by atoms with Crippen molar-refractivity contribution in [1.29, 1.82) is 0 Å². The highest BCUT2D eigenvalue weighted by atomic mass is 32.1. The molecule has 1 aromatic carbocycles. The summed E-state index contributed by atoms with van der Waals surface area (Å²) in [7, 11) is 0. The summed E-state index contributed by atoms with van der Waals surface area (Å²) >= 11 is 1.69. The van der Waals surface area contributed by atoms with E-state index in [1.54, 1.807) is 29.4 Å². The molecule has 1 fully saturated rings. The predicted molar refractivity (Wildman–Crippen MR) is 122 cm³/mol. The normalized spacial score (nSPS) is 17.8. The third-order valence-electron chi connectivity index (χ3n) is 5.90. The molecule has 1 saturated heterocycles. The number of hydrogen-bond donors (Lipinski definition) is 2. The van der Waals surface area contributed by atoms with Crippen molar-refractivity contribution in [3.05, 3.63) is 46.8 Å². The SMILES string of the molecule is Cc1cscc1-c1ccnc2cc(O[C@H](C)C(=O)N3CCC[C@H](CC(O)O)C3)ccc12. The fourth-order valence-corrected chi connectivity index (χ4v) is 5.19. The van der Waals surface area contributed by atoms with Gasteiger partial charge in [-0.25, -0.2) is 0 Å². The van der Waals surface area contributed by atoms with Crippen molar-refractivity contribution in [2.45, 2.75) is 45.5 Å². The molecule has 2 aromatic heterocycles. The van der Waals surface area contributed by atoms with Crippen molar-refractivity contribution in [2.75, 3.05) is 13.1 Å². The van der Waals surface area contributed by atoms with Gasteiger partial charge in [0.25, 0.3) is 5.91 Å². The molecule has 3 aromatic rings. The lowest BCUT2D eigenvalue weighted by atomic mass is 9.94. The molecule has 164 valence electrons. The zero-order chi connectivity index (χ0) is 22.0. The lowest BCUT2D eigenvalue weighted by Gasteiger charge is -2.34. The van der Waals surface area contributed by atoms with Gasteiger partial charge in [-0.3, -0.25) is 9.78 Å². The maximum absolute atomic E-state index is 12.9. The number of aryl methyl sites for hydroxylation is 1. The van der Waals surface area contributed by atoms with Crippen LogP contribution in [0.3, 0.4) is 0 Å². The second-order valence-electron chi connectivity index (χ2n) is 8.27. The third-order valence-corrected chi connectivity index (χ3v) is 6.76. The second kappa shape index (κ2) is 9.34. The summed E-state index contributed by atoms with van der Waals surface area (Å²) in [5.41, 5.74) is 4.42. The molecule has 0 radical (unpaired) electrons. The van der Waals surface area contributed by atoms with E-state index in [1.165, 1.54) is 11.1 Å². The summed E-state index contributed by atoms with van der Waals surface area (Å²) in [5, 5.41) is 23.8. The molecule has 1 aliphatic rings. The molecule has 0 spiro atoms. The first-order chi connectivity index (χ1) is 14.9. The van der Waals surface area contributed by atoms with Crippen molar-refractivity contribution >= 4 is 28.1 Å². The number of piperidine rings is 1. The van der Waals surface area contributed by atoms with Gasteiger partial charge in [0.2, 0.25) is 0 Å². The van der Waals surface area contributed by atoms with Crippen LogP contribution in [0.1, 0.15) is 31.7 Å². The highest BCUT2D eigenvalue weighted by Gasteiger charge is 2.28. The van der Waals surface area contributed by atoms with Crippen LogP contribution in [-0.4, -0.2) is 51.5 Å². The van der Waals surface area contributed by atoms with Gasteiger partial charge >= 0.3 is 0 Å². The minimum atomic E-state index is -1.33. The number of aliphatic hydroxyl groups excluding tert-OH is 1. The van der Waals surface area contributed by atoms with Gasteiger partial charge in [0, 0.05) is 37.2 Å². The number of fused-ring (bicyclic) bond motifs is 1. The summed E-state index contributed by atoms with van der Waals surface area (Å²) in [4.78, 5) is 19.2. The molecular weight excluding hydrogens is 412 g/mol. The molecule has 0 saturated carbocycles. The van der Waals surface area contributed by atoms with Crippen LogP contribution in [0.15, 0.2) is 41.2 Å². The number of aliphatic hydroxyl groups is 2. The molecule has 2 atom stereocenters. The standard InChI is InChI=1S/C24H28N2O4S/c1-15-13-31-14-21(15)19-7-8-25-22-11-18(5-6-20(19)22)30-16(2)24(29)26-9-3-4-17(12-26)10-23(27)28/h5-8,11,13-14,16-17,23,27-28H,3-4,9-10,12H2,1-2H3/t16-,17-/m1/s1. The molecule has 1 amide bonds. The van der Waals surface area contributed by atoms with Gasteiger partial charge < -0.3 is 19.8 Å². The molecule has 0 unspecified atom stereocenters.